The molecule has 0 aliphatic heterocycles. The molecule has 0 saturated heterocycles. The smallest absolute Gasteiger partial charge is 0.106 e. The molecular weight excluding hydrogens is 309 g/mol. The molecule has 140 valence electrons. The summed E-state index contributed by atoms with van der Waals surface area (Å²) in [5, 5.41) is 0. The summed E-state index contributed by atoms with van der Waals surface area (Å²) in [6.45, 7) is 3.99. The molecule has 0 aromatic carbocycles. The molecule has 3 aliphatic rings. The second-order valence-electron chi connectivity index (χ2n) is 9.34. The van der Waals surface area contributed by atoms with Gasteiger partial charge in [0.1, 0.15) is 18.5 Å². The van der Waals surface area contributed by atoms with E-state index in [1.807, 2.05) is 0 Å². The number of alkyl halides is 3. The fourth-order valence-corrected chi connectivity index (χ4v) is 5.68. The van der Waals surface area contributed by atoms with Crippen molar-refractivity contribution in [1.82, 2.24) is 0 Å². The summed E-state index contributed by atoms with van der Waals surface area (Å²) in [7, 11) is 0. The average Bonchev–Trinajstić information content (AvgIpc) is 2.54. The van der Waals surface area contributed by atoms with E-state index in [0.29, 0.717) is 25.2 Å². The molecule has 3 aliphatic carbocycles. The number of halogens is 3. The molecule has 0 aromatic rings. The summed E-state index contributed by atoms with van der Waals surface area (Å²) in [5.41, 5.74) is 0. The van der Waals surface area contributed by atoms with Gasteiger partial charge in [-0.1, -0.05) is 39.5 Å². The lowest BCUT2D eigenvalue weighted by Crippen LogP contribution is -2.41. The van der Waals surface area contributed by atoms with Gasteiger partial charge in [-0.25, -0.2) is 13.2 Å². The van der Waals surface area contributed by atoms with Crippen LogP contribution in [0.25, 0.3) is 0 Å². The van der Waals surface area contributed by atoms with Gasteiger partial charge in [0.15, 0.2) is 0 Å². The van der Waals surface area contributed by atoms with Crippen molar-refractivity contribution in [1.29, 1.82) is 0 Å². The predicted molar refractivity (Wildman–Crippen MR) is 93.1 cm³/mol. The number of rotatable bonds is 3. The third kappa shape index (κ3) is 4.30. The Morgan fingerprint density at radius 3 is 1.83 bits per heavy atom. The second kappa shape index (κ2) is 7.99. The van der Waals surface area contributed by atoms with E-state index in [4.69, 9.17) is 0 Å². The van der Waals surface area contributed by atoms with Crippen LogP contribution in [0, 0.1) is 35.5 Å². The first-order valence-electron chi connectivity index (χ1n) is 10.4. The normalized spacial score (nSPS) is 50.6. The van der Waals surface area contributed by atoms with Crippen LogP contribution >= 0.6 is 0 Å². The maximum atomic E-state index is 14.8. The van der Waals surface area contributed by atoms with Gasteiger partial charge in [0.25, 0.3) is 0 Å². The molecule has 0 amide bonds. The van der Waals surface area contributed by atoms with E-state index in [2.05, 4.69) is 6.92 Å². The van der Waals surface area contributed by atoms with Crippen molar-refractivity contribution in [2.24, 2.45) is 35.5 Å². The highest BCUT2D eigenvalue weighted by Gasteiger charge is 2.43. The Balaban J connectivity index is 1.48. The van der Waals surface area contributed by atoms with Crippen LogP contribution in [-0.2, 0) is 0 Å². The monoisotopic (exact) mass is 344 g/mol. The van der Waals surface area contributed by atoms with Gasteiger partial charge in [-0.3, -0.25) is 0 Å². The van der Waals surface area contributed by atoms with E-state index in [9.17, 15) is 13.2 Å². The van der Waals surface area contributed by atoms with Crippen LogP contribution in [0.1, 0.15) is 78.1 Å². The average molecular weight is 345 g/mol. The Hall–Kier alpha value is -0.210. The van der Waals surface area contributed by atoms with E-state index >= 15 is 0 Å². The van der Waals surface area contributed by atoms with E-state index in [0.717, 1.165) is 24.7 Å². The summed E-state index contributed by atoms with van der Waals surface area (Å²) in [6.07, 6.45) is 6.72. The molecule has 3 fully saturated rings. The number of hydrogen-bond donors (Lipinski definition) is 0. The molecule has 0 N–H and O–H groups in total. The molecule has 0 aromatic heterocycles. The van der Waals surface area contributed by atoms with E-state index in [1.165, 1.54) is 32.1 Å². The van der Waals surface area contributed by atoms with Gasteiger partial charge in [-0.2, -0.15) is 0 Å². The summed E-state index contributed by atoms with van der Waals surface area (Å²) in [5.74, 6) is 1.45. The van der Waals surface area contributed by atoms with Crippen molar-refractivity contribution < 1.29 is 13.2 Å². The van der Waals surface area contributed by atoms with Crippen LogP contribution in [0.2, 0.25) is 0 Å². The zero-order valence-corrected chi connectivity index (χ0v) is 15.4. The molecule has 5 atom stereocenters. The van der Waals surface area contributed by atoms with Crippen molar-refractivity contribution in [3.8, 4) is 0 Å². The SMILES string of the molecule is CC1CCC(CC2CCC(C3CC(F)C(C)C(F)C3)C(F)C2)CC1. The minimum absolute atomic E-state index is 0.0855. The highest BCUT2D eigenvalue weighted by molar-refractivity contribution is 4.92. The Labute approximate surface area is 146 Å². The largest absolute Gasteiger partial charge is 0.247 e. The van der Waals surface area contributed by atoms with Crippen molar-refractivity contribution >= 4 is 0 Å². The molecule has 3 rings (SSSR count). The fraction of sp³-hybridized carbons (Fsp3) is 1.00. The van der Waals surface area contributed by atoms with Gasteiger partial charge < -0.3 is 0 Å². The molecule has 24 heavy (non-hydrogen) atoms. The first-order valence-corrected chi connectivity index (χ1v) is 10.4. The minimum Gasteiger partial charge on any atom is -0.247 e. The van der Waals surface area contributed by atoms with Gasteiger partial charge >= 0.3 is 0 Å². The van der Waals surface area contributed by atoms with Gasteiger partial charge in [0.05, 0.1) is 0 Å². The third-order valence-corrected chi connectivity index (χ3v) is 7.54. The van der Waals surface area contributed by atoms with Crippen LogP contribution < -0.4 is 0 Å². The molecule has 0 bridgehead atoms. The summed E-state index contributed by atoms with van der Waals surface area (Å²) in [6, 6.07) is 0. The fourth-order valence-electron chi connectivity index (χ4n) is 5.68. The molecular formula is C21H35F3. The summed E-state index contributed by atoms with van der Waals surface area (Å²) in [4.78, 5) is 0. The van der Waals surface area contributed by atoms with E-state index in [1.54, 1.807) is 6.92 Å². The van der Waals surface area contributed by atoms with Crippen molar-refractivity contribution in [2.75, 3.05) is 0 Å². The molecule has 0 radical (unpaired) electrons. The van der Waals surface area contributed by atoms with Crippen molar-refractivity contribution in [2.45, 2.75) is 96.6 Å². The Morgan fingerprint density at radius 2 is 1.25 bits per heavy atom. The Bertz CT molecular complexity index is 379. The lowest BCUT2D eigenvalue weighted by Gasteiger charge is -2.42. The van der Waals surface area contributed by atoms with Gasteiger partial charge in [0.2, 0.25) is 0 Å². The van der Waals surface area contributed by atoms with Crippen molar-refractivity contribution in [3.63, 3.8) is 0 Å². The van der Waals surface area contributed by atoms with Gasteiger partial charge in [0, 0.05) is 5.92 Å². The summed E-state index contributed by atoms with van der Waals surface area (Å²) >= 11 is 0. The first-order chi connectivity index (χ1) is 11.4. The van der Waals surface area contributed by atoms with Gasteiger partial charge in [-0.15, -0.1) is 0 Å². The Kier molecular flexibility index (Phi) is 6.19. The maximum absolute atomic E-state index is 14.8. The highest BCUT2D eigenvalue weighted by Crippen LogP contribution is 2.46. The highest BCUT2D eigenvalue weighted by atomic mass is 19.1. The van der Waals surface area contributed by atoms with E-state index in [-0.39, 0.29) is 11.8 Å². The second-order valence-corrected chi connectivity index (χ2v) is 9.34. The van der Waals surface area contributed by atoms with E-state index < -0.39 is 24.4 Å². The lowest BCUT2D eigenvalue weighted by atomic mass is 9.66. The van der Waals surface area contributed by atoms with Gasteiger partial charge in [-0.05, 0) is 68.1 Å². The molecule has 0 spiro atoms. The first kappa shape index (κ1) is 18.6. The lowest BCUT2D eigenvalue weighted by molar-refractivity contribution is -0.00666. The molecule has 0 nitrogen and oxygen atoms in total. The number of hydrogen-bond acceptors (Lipinski definition) is 0. The molecule has 5 unspecified atom stereocenters. The maximum Gasteiger partial charge on any atom is 0.106 e. The van der Waals surface area contributed by atoms with Crippen LogP contribution in [0.3, 0.4) is 0 Å². The van der Waals surface area contributed by atoms with Crippen LogP contribution in [0.5, 0.6) is 0 Å². The third-order valence-electron chi connectivity index (χ3n) is 7.54. The van der Waals surface area contributed by atoms with Crippen LogP contribution in [0.15, 0.2) is 0 Å². The predicted octanol–water partition coefficient (Wildman–Crippen LogP) is 6.68. The van der Waals surface area contributed by atoms with Crippen LogP contribution in [-0.4, -0.2) is 18.5 Å². The molecule has 0 heterocycles. The van der Waals surface area contributed by atoms with Crippen molar-refractivity contribution in [3.05, 3.63) is 0 Å². The standard InChI is InChI=1S/C21H35F3/c1-13-3-5-15(6-4-13)9-16-7-8-18(21(24)10-16)17-11-19(22)14(2)20(23)12-17/h13-21H,3-12H2,1-2H3. The minimum atomic E-state index is -1.09. The topological polar surface area (TPSA) is 0 Å². The molecule has 3 heteroatoms. The molecule has 3 saturated carbocycles. The zero-order chi connectivity index (χ0) is 17.3. The van der Waals surface area contributed by atoms with Crippen LogP contribution in [0.4, 0.5) is 13.2 Å². The quantitative estimate of drug-likeness (QED) is 0.535. The summed E-state index contributed by atoms with van der Waals surface area (Å²) < 4.78 is 42.8. The zero-order valence-electron chi connectivity index (χ0n) is 15.4. The Morgan fingerprint density at radius 1 is 0.667 bits per heavy atom.